The lowest BCUT2D eigenvalue weighted by atomic mass is 9.95. The van der Waals surface area contributed by atoms with Gasteiger partial charge in [0.2, 0.25) is 11.8 Å². The molecule has 4 rings (SSSR count). The summed E-state index contributed by atoms with van der Waals surface area (Å²) in [5, 5.41) is 3.01. The third kappa shape index (κ3) is 5.13. The zero-order valence-corrected chi connectivity index (χ0v) is 19.5. The van der Waals surface area contributed by atoms with Crippen molar-refractivity contribution in [2.24, 2.45) is 0 Å². The van der Waals surface area contributed by atoms with E-state index in [0.717, 1.165) is 37.8 Å². The molecule has 176 valence electrons. The van der Waals surface area contributed by atoms with Crippen LogP contribution in [0.25, 0.3) is 0 Å². The highest BCUT2D eigenvalue weighted by atomic mass is 32.2. The van der Waals surface area contributed by atoms with Gasteiger partial charge >= 0.3 is 0 Å². The monoisotopic (exact) mass is 471 g/mol. The van der Waals surface area contributed by atoms with E-state index >= 15 is 0 Å². The summed E-state index contributed by atoms with van der Waals surface area (Å²) in [7, 11) is -2.21. The van der Waals surface area contributed by atoms with Gasteiger partial charge in [0.1, 0.15) is 5.75 Å². The maximum atomic E-state index is 12.8. The number of carbonyl (C=O) groups excluding carboxylic acids is 2. The van der Waals surface area contributed by atoms with Crippen LogP contribution in [0.2, 0.25) is 0 Å². The summed E-state index contributed by atoms with van der Waals surface area (Å²) in [6.07, 6.45) is 3.81. The standard InChI is InChI=1S/C24H29N3O5S/c1-32-20-9-11-21(12-10-20)33(30,31)26-19-7-5-18(6-8-19)24(13-14-24)23(29)25-15-3-17-27-16-2-4-22(27)28/h5-12,26H,2-4,13-17H2,1H3,(H,25,29). The topological polar surface area (TPSA) is 105 Å². The van der Waals surface area contributed by atoms with E-state index in [-0.39, 0.29) is 16.7 Å². The van der Waals surface area contributed by atoms with Crippen LogP contribution in [0.5, 0.6) is 5.75 Å². The van der Waals surface area contributed by atoms with Crippen LogP contribution in [0, 0.1) is 0 Å². The molecule has 2 fully saturated rings. The number of benzene rings is 2. The molecule has 0 radical (unpaired) electrons. The number of likely N-dealkylation sites (tertiary alicyclic amines) is 1. The fourth-order valence-electron chi connectivity index (χ4n) is 4.18. The normalized spacial score (nSPS) is 17.0. The van der Waals surface area contributed by atoms with Gasteiger partial charge in [-0.25, -0.2) is 8.42 Å². The highest BCUT2D eigenvalue weighted by molar-refractivity contribution is 7.92. The zero-order chi connectivity index (χ0) is 23.5. The van der Waals surface area contributed by atoms with Gasteiger partial charge in [-0.1, -0.05) is 12.1 Å². The van der Waals surface area contributed by atoms with Crippen molar-refractivity contribution in [1.82, 2.24) is 10.2 Å². The molecule has 0 bridgehead atoms. The maximum absolute atomic E-state index is 12.8. The summed E-state index contributed by atoms with van der Waals surface area (Å²) in [6, 6.07) is 13.1. The van der Waals surface area contributed by atoms with Crippen LogP contribution in [0.4, 0.5) is 5.69 Å². The average molecular weight is 472 g/mol. The van der Waals surface area contributed by atoms with Crippen molar-refractivity contribution in [2.75, 3.05) is 31.5 Å². The number of nitrogens with one attached hydrogen (secondary N) is 2. The predicted molar refractivity (Wildman–Crippen MR) is 125 cm³/mol. The van der Waals surface area contributed by atoms with Crippen LogP contribution in [-0.4, -0.2) is 51.9 Å². The molecule has 1 saturated heterocycles. The second-order valence-electron chi connectivity index (χ2n) is 8.53. The molecule has 2 aromatic rings. The Hall–Kier alpha value is -3.07. The third-order valence-corrected chi connectivity index (χ3v) is 7.70. The molecule has 2 N–H and O–H groups in total. The molecule has 1 aliphatic carbocycles. The molecule has 33 heavy (non-hydrogen) atoms. The minimum Gasteiger partial charge on any atom is -0.497 e. The fraction of sp³-hybridized carbons (Fsp3) is 0.417. The Morgan fingerprint density at radius 3 is 2.36 bits per heavy atom. The minimum atomic E-state index is -3.73. The summed E-state index contributed by atoms with van der Waals surface area (Å²) >= 11 is 0. The SMILES string of the molecule is COc1ccc(S(=O)(=O)Nc2ccc(C3(C(=O)NCCCN4CCCC4=O)CC3)cc2)cc1. The van der Waals surface area contributed by atoms with Crippen LogP contribution in [0.3, 0.4) is 0 Å². The lowest BCUT2D eigenvalue weighted by Crippen LogP contribution is -2.36. The molecule has 0 atom stereocenters. The highest BCUT2D eigenvalue weighted by Crippen LogP contribution is 2.48. The van der Waals surface area contributed by atoms with Gasteiger partial charge in [0.15, 0.2) is 0 Å². The van der Waals surface area contributed by atoms with Gasteiger partial charge in [-0.05, 0) is 67.6 Å². The number of ether oxygens (including phenoxy) is 1. The van der Waals surface area contributed by atoms with Crippen molar-refractivity contribution in [3.05, 3.63) is 54.1 Å². The van der Waals surface area contributed by atoms with E-state index in [9.17, 15) is 18.0 Å². The molecule has 1 saturated carbocycles. The van der Waals surface area contributed by atoms with E-state index < -0.39 is 15.4 Å². The van der Waals surface area contributed by atoms with Gasteiger partial charge in [0.25, 0.3) is 10.0 Å². The summed E-state index contributed by atoms with van der Waals surface area (Å²) in [5.41, 5.74) is 0.764. The second-order valence-corrected chi connectivity index (χ2v) is 10.2. The molecular weight excluding hydrogens is 442 g/mol. The Bertz CT molecular complexity index is 1110. The first-order valence-electron chi connectivity index (χ1n) is 11.2. The first kappa shape index (κ1) is 23.1. The molecule has 0 aromatic heterocycles. The van der Waals surface area contributed by atoms with Crippen molar-refractivity contribution in [3.8, 4) is 5.75 Å². The molecule has 0 spiro atoms. The summed E-state index contributed by atoms with van der Waals surface area (Å²) in [5.74, 6) is 0.764. The van der Waals surface area contributed by atoms with Crippen LogP contribution >= 0.6 is 0 Å². The van der Waals surface area contributed by atoms with E-state index in [2.05, 4.69) is 10.0 Å². The number of amides is 2. The van der Waals surface area contributed by atoms with Gasteiger partial charge in [-0.3, -0.25) is 14.3 Å². The van der Waals surface area contributed by atoms with Gasteiger partial charge < -0.3 is 15.0 Å². The molecule has 8 nitrogen and oxygen atoms in total. The molecule has 0 unspecified atom stereocenters. The van der Waals surface area contributed by atoms with E-state index in [4.69, 9.17) is 4.74 Å². The third-order valence-electron chi connectivity index (χ3n) is 6.31. The smallest absolute Gasteiger partial charge is 0.261 e. The Morgan fingerprint density at radius 2 is 1.79 bits per heavy atom. The number of nitrogens with zero attached hydrogens (tertiary/aromatic N) is 1. The Morgan fingerprint density at radius 1 is 1.09 bits per heavy atom. The Labute approximate surface area is 194 Å². The number of anilines is 1. The summed E-state index contributed by atoms with van der Waals surface area (Å²) < 4.78 is 32.9. The van der Waals surface area contributed by atoms with Crippen molar-refractivity contribution in [3.63, 3.8) is 0 Å². The molecule has 1 aliphatic heterocycles. The number of hydrogen-bond acceptors (Lipinski definition) is 5. The lowest BCUT2D eigenvalue weighted by Gasteiger charge is -2.18. The molecule has 2 aliphatic rings. The first-order chi connectivity index (χ1) is 15.8. The van der Waals surface area contributed by atoms with Gasteiger partial charge in [0.05, 0.1) is 17.4 Å². The van der Waals surface area contributed by atoms with Crippen molar-refractivity contribution in [1.29, 1.82) is 0 Å². The number of sulfonamides is 1. The fourth-order valence-corrected chi connectivity index (χ4v) is 5.24. The summed E-state index contributed by atoms with van der Waals surface area (Å²) in [4.78, 5) is 26.5. The van der Waals surface area contributed by atoms with E-state index in [1.165, 1.54) is 19.2 Å². The first-order valence-corrected chi connectivity index (χ1v) is 12.7. The average Bonchev–Trinajstić information content (AvgIpc) is 3.53. The molecule has 9 heteroatoms. The maximum Gasteiger partial charge on any atom is 0.261 e. The highest BCUT2D eigenvalue weighted by Gasteiger charge is 2.51. The van der Waals surface area contributed by atoms with Gasteiger partial charge in [-0.15, -0.1) is 0 Å². The Balaban J connectivity index is 1.33. The predicted octanol–water partition coefficient (Wildman–Crippen LogP) is 2.66. The molecule has 1 heterocycles. The molecule has 2 aromatic carbocycles. The Kier molecular flexibility index (Phi) is 6.60. The van der Waals surface area contributed by atoms with Crippen molar-refractivity contribution >= 4 is 27.5 Å². The molecule has 2 amide bonds. The number of carbonyl (C=O) groups is 2. The minimum absolute atomic E-state index is 0.0122. The van der Waals surface area contributed by atoms with Crippen LogP contribution < -0.4 is 14.8 Å². The van der Waals surface area contributed by atoms with Gasteiger partial charge in [-0.2, -0.15) is 0 Å². The number of rotatable bonds is 10. The van der Waals surface area contributed by atoms with E-state index in [1.807, 2.05) is 4.90 Å². The largest absolute Gasteiger partial charge is 0.497 e. The van der Waals surface area contributed by atoms with Crippen molar-refractivity contribution < 1.29 is 22.7 Å². The quantitative estimate of drug-likeness (QED) is 0.519. The lowest BCUT2D eigenvalue weighted by molar-refractivity contribution is -0.127. The van der Waals surface area contributed by atoms with Gasteiger partial charge in [0, 0.05) is 31.7 Å². The zero-order valence-electron chi connectivity index (χ0n) is 18.7. The van der Waals surface area contributed by atoms with Crippen LogP contribution in [0.15, 0.2) is 53.4 Å². The van der Waals surface area contributed by atoms with Crippen LogP contribution in [0.1, 0.15) is 37.7 Å². The summed E-state index contributed by atoms with van der Waals surface area (Å²) in [6.45, 7) is 2.02. The number of methoxy groups -OCH3 is 1. The van der Waals surface area contributed by atoms with Crippen LogP contribution in [-0.2, 0) is 25.0 Å². The van der Waals surface area contributed by atoms with E-state index in [0.29, 0.717) is 30.9 Å². The molecular formula is C24H29N3O5S. The second kappa shape index (κ2) is 9.43. The van der Waals surface area contributed by atoms with E-state index in [1.54, 1.807) is 36.4 Å². The number of hydrogen-bond donors (Lipinski definition) is 2. The van der Waals surface area contributed by atoms with Crippen molar-refractivity contribution in [2.45, 2.75) is 42.4 Å².